The summed E-state index contributed by atoms with van der Waals surface area (Å²) < 4.78 is 0.955. The number of hydrogen-bond acceptors (Lipinski definition) is 2. The molecule has 0 saturated carbocycles. The summed E-state index contributed by atoms with van der Waals surface area (Å²) in [7, 11) is 0. The molecule has 1 aromatic carbocycles. The zero-order valence-corrected chi connectivity index (χ0v) is 12.1. The highest BCUT2D eigenvalue weighted by molar-refractivity contribution is 9.10. The van der Waals surface area contributed by atoms with Crippen molar-refractivity contribution in [1.29, 1.82) is 0 Å². The molecule has 0 aromatic heterocycles. The minimum atomic E-state index is -0.890. The topological polar surface area (TPSA) is 69.6 Å². The van der Waals surface area contributed by atoms with Crippen LogP contribution in [0.4, 0.5) is 4.79 Å². The summed E-state index contributed by atoms with van der Waals surface area (Å²) in [6, 6.07) is 7.43. The van der Waals surface area contributed by atoms with Crippen molar-refractivity contribution >= 4 is 27.9 Å². The van der Waals surface area contributed by atoms with Crippen LogP contribution in [0, 0.1) is 5.92 Å². The Balaban J connectivity index is 2.05. The number of hydrogen-bond donors (Lipinski definition) is 2. The van der Waals surface area contributed by atoms with Gasteiger partial charge in [0.05, 0.1) is 12.0 Å². The maximum atomic E-state index is 11.8. The van der Waals surface area contributed by atoms with Crippen molar-refractivity contribution in [2.75, 3.05) is 13.1 Å². The fraction of sp³-hybridized carbons (Fsp3) is 0.385. The van der Waals surface area contributed by atoms with Crippen molar-refractivity contribution in [2.24, 2.45) is 5.92 Å². The van der Waals surface area contributed by atoms with Gasteiger partial charge < -0.3 is 15.3 Å². The second-order valence-corrected chi connectivity index (χ2v) is 5.62. The summed E-state index contributed by atoms with van der Waals surface area (Å²) in [5.41, 5.74) is 1.01. The van der Waals surface area contributed by atoms with E-state index in [-0.39, 0.29) is 18.6 Å². The minimum Gasteiger partial charge on any atom is -0.481 e. The van der Waals surface area contributed by atoms with E-state index < -0.39 is 11.9 Å². The average Bonchev–Trinajstić information content (AvgIpc) is 2.71. The number of rotatable bonds is 4. The summed E-state index contributed by atoms with van der Waals surface area (Å²) in [6.07, 6.45) is 0. The van der Waals surface area contributed by atoms with Gasteiger partial charge >= 0.3 is 12.0 Å². The van der Waals surface area contributed by atoms with E-state index in [4.69, 9.17) is 5.11 Å². The highest BCUT2D eigenvalue weighted by Gasteiger charge is 2.31. The third-order valence-corrected chi connectivity index (χ3v) is 3.65. The van der Waals surface area contributed by atoms with Crippen LogP contribution in [0.2, 0.25) is 0 Å². The molecule has 6 heteroatoms. The molecule has 2 N–H and O–H groups in total. The largest absolute Gasteiger partial charge is 0.481 e. The molecule has 19 heavy (non-hydrogen) atoms. The maximum absolute atomic E-state index is 11.8. The fourth-order valence-electron chi connectivity index (χ4n) is 2.07. The smallest absolute Gasteiger partial charge is 0.318 e. The van der Waals surface area contributed by atoms with Crippen LogP contribution in [0.15, 0.2) is 28.7 Å². The molecule has 1 aromatic rings. The highest BCUT2D eigenvalue weighted by Crippen LogP contribution is 2.23. The summed E-state index contributed by atoms with van der Waals surface area (Å²) in [6.45, 7) is 2.32. The molecular weight excluding hydrogens is 312 g/mol. The Bertz CT molecular complexity index is 506. The van der Waals surface area contributed by atoms with E-state index in [1.165, 1.54) is 0 Å². The summed E-state index contributed by atoms with van der Waals surface area (Å²) in [4.78, 5) is 24.2. The van der Waals surface area contributed by atoms with E-state index in [0.29, 0.717) is 6.54 Å². The van der Waals surface area contributed by atoms with Gasteiger partial charge in [-0.25, -0.2) is 4.79 Å². The molecule has 1 heterocycles. The zero-order chi connectivity index (χ0) is 14.0. The van der Waals surface area contributed by atoms with Crippen molar-refractivity contribution < 1.29 is 14.7 Å². The second kappa shape index (κ2) is 5.61. The number of carboxylic acids is 1. The number of carboxylic acid groups (broad SMARTS) is 1. The van der Waals surface area contributed by atoms with Crippen molar-refractivity contribution in [3.63, 3.8) is 0 Å². The van der Waals surface area contributed by atoms with Crippen molar-refractivity contribution in [2.45, 2.75) is 13.0 Å². The van der Waals surface area contributed by atoms with Crippen LogP contribution < -0.4 is 5.32 Å². The summed E-state index contributed by atoms with van der Waals surface area (Å²) in [5.74, 6) is -1.45. The van der Waals surface area contributed by atoms with Gasteiger partial charge in [0, 0.05) is 17.6 Å². The van der Waals surface area contributed by atoms with Gasteiger partial charge in [-0.05, 0) is 17.7 Å². The highest BCUT2D eigenvalue weighted by atomic mass is 79.9. The molecule has 1 fully saturated rings. The molecule has 5 nitrogen and oxygen atoms in total. The number of carbonyl (C=O) groups excluding carboxylic acids is 1. The maximum Gasteiger partial charge on any atom is 0.318 e. The Kier molecular flexibility index (Phi) is 4.09. The first kappa shape index (κ1) is 13.9. The number of benzene rings is 1. The van der Waals surface area contributed by atoms with Gasteiger partial charge in [0.25, 0.3) is 0 Å². The average molecular weight is 327 g/mol. The fourth-order valence-corrected chi connectivity index (χ4v) is 2.48. The lowest BCUT2D eigenvalue weighted by Crippen LogP contribution is -2.34. The monoisotopic (exact) mass is 326 g/mol. The molecule has 1 aliphatic heterocycles. The number of nitrogens with one attached hydrogen (secondary N) is 1. The molecule has 102 valence electrons. The van der Waals surface area contributed by atoms with Gasteiger partial charge in [-0.2, -0.15) is 0 Å². The van der Waals surface area contributed by atoms with Crippen molar-refractivity contribution in [3.8, 4) is 0 Å². The molecule has 2 amide bonds. The lowest BCUT2D eigenvalue weighted by molar-refractivity contribution is -0.141. The van der Waals surface area contributed by atoms with Crippen LogP contribution >= 0.6 is 15.9 Å². The van der Waals surface area contributed by atoms with E-state index in [1.807, 2.05) is 24.3 Å². The van der Waals surface area contributed by atoms with Gasteiger partial charge in [0.2, 0.25) is 0 Å². The van der Waals surface area contributed by atoms with Gasteiger partial charge in [-0.3, -0.25) is 4.79 Å². The molecule has 0 aliphatic carbocycles. The van der Waals surface area contributed by atoms with Gasteiger partial charge in [-0.1, -0.05) is 35.0 Å². The number of carbonyl (C=O) groups is 2. The Morgan fingerprint density at radius 2 is 2.37 bits per heavy atom. The van der Waals surface area contributed by atoms with E-state index in [9.17, 15) is 9.59 Å². The molecule has 0 bridgehead atoms. The number of halogens is 1. The van der Waals surface area contributed by atoms with Crippen molar-refractivity contribution in [3.05, 3.63) is 34.3 Å². The van der Waals surface area contributed by atoms with Crippen LogP contribution in [0.3, 0.4) is 0 Å². The first-order valence-corrected chi connectivity index (χ1v) is 6.80. The molecule has 2 atom stereocenters. The third kappa shape index (κ3) is 3.26. The van der Waals surface area contributed by atoms with Gasteiger partial charge in [-0.15, -0.1) is 0 Å². The van der Waals surface area contributed by atoms with E-state index in [0.717, 1.165) is 10.0 Å². The van der Waals surface area contributed by atoms with Crippen LogP contribution in [0.1, 0.15) is 18.5 Å². The number of urea groups is 1. The predicted molar refractivity (Wildman–Crippen MR) is 73.8 cm³/mol. The minimum absolute atomic E-state index is 0.0917. The molecule has 2 rings (SSSR count). The Labute approximate surface area is 119 Å². The van der Waals surface area contributed by atoms with E-state index >= 15 is 0 Å². The summed E-state index contributed by atoms with van der Waals surface area (Å²) >= 11 is 3.39. The SMILES string of the molecule is CC(CN1CC(c2cccc(Br)c2)NC1=O)C(=O)O. The molecule has 1 aliphatic rings. The standard InChI is InChI=1S/C13H15BrN2O3/c1-8(12(17)18)6-16-7-11(15-13(16)19)9-3-2-4-10(14)5-9/h2-5,8,11H,6-7H2,1H3,(H,15,19)(H,17,18). The molecule has 2 unspecified atom stereocenters. The molecule has 0 radical (unpaired) electrons. The van der Waals surface area contributed by atoms with Crippen LogP contribution in [0.5, 0.6) is 0 Å². The second-order valence-electron chi connectivity index (χ2n) is 4.70. The van der Waals surface area contributed by atoms with E-state index in [1.54, 1.807) is 11.8 Å². The molecular formula is C13H15BrN2O3. The van der Waals surface area contributed by atoms with Gasteiger partial charge in [0.15, 0.2) is 0 Å². The summed E-state index contributed by atoms with van der Waals surface area (Å²) in [5, 5.41) is 11.7. The lowest BCUT2D eigenvalue weighted by atomic mass is 10.1. The molecule has 1 saturated heterocycles. The number of aliphatic carboxylic acids is 1. The first-order chi connectivity index (χ1) is 8.97. The van der Waals surface area contributed by atoms with Crippen LogP contribution in [0.25, 0.3) is 0 Å². The molecule has 0 spiro atoms. The number of amides is 2. The predicted octanol–water partition coefficient (Wildman–Crippen LogP) is 2.24. The Morgan fingerprint density at radius 1 is 1.63 bits per heavy atom. The third-order valence-electron chi connectivity index (χ3n) is 3.15. The first-order valence-electron chi connectivity index (χ1n) is 6.01. The van der Waals surface area contributed by atoms with Crippen LogP contribution in [-0.2, 0) is 4.79 Å². The normalized spacial score (nSPS) is 20.2. The lowest BCUT2D eigenvalue weighted by Gasteiger charge is -2.17. The Morgan fingerprint density at radius 3 is 3.00 bits per heavy atom. The zero-order valence-electron chi connectivity index (χ0n) is 10.5. The van der Waals surface area contributed by atoms with E-state index in [2.05, 4.69) is 21.2 Å². The van der Waals surface area contributed by atoms with Gasteiger partial charge in [0.1, 0.15) is 0 Å². The van der Waals surface area contributed by atoms with Crippen molar-refractivity contribution in [1.82, 2.24) is 10.2 Å². The Hall–Kier alpha value is -1.56. The quantitative estimate of drug-likeness (QED) is 0.891. The number of nitrogens with zero attached hydrogens (tertiary/aromatic N) is 1. The van der Waals surface area contributed by atoms with Crippen LogP contribution in [-0.4, -0.2) is 35.1 Å².